The van der Waals surface area contributed by atoms with Gasteiger partial charge in [-0.15, -0.1) is 0 Å². The lowest BCUT2D eigenvalue weighted by Gasteiger charge is -2.15. The summed E-state index contributed by atoms with van der Waals surface area (Å²) in [6.07, 6.45) is -9.10. The third-order valence-corrected chi connectivity index (χ3v) is 3.93. The lowest BCUT2D eigenvalue weighted by atomic mass is 10.1. The second kappa shape index (κ2) is 7.22. The van der Waals surface area contributed by atoms with Gasteiger partial charge in [-0.05, 0) is 30.3 Å². The predicted octanol–water partition coefficient (Wildman–Crippen LogP) is 4.07. The van der Waals surface area contributed by atoms with Gasteiger partial charge < -0.3 is 5.32 Å². The van der Waals surface area contributed by atoms with E-state index in [1.54, 1.807) is 12.1 Å². The molecule has 0 radical (unpaired) electrons. The number of para-hydroxylation sites is 1. The Morgan fingerprint density at radius 2 is 1.55 bits per heavy atom. The maximum Gasteiger partial charge on any atom is 0.416 e. The molecule has 2 aromatic carbocycles. The summed E-state index contributed by atoms with van der Waals surface area (Å²) in [4.78, 5) is 24.0. The Morgan fingerprint density at radius 3 is 2.14 bits per heavy atom. The molecule has 29 heavy (non-hydrogen) atoms. The van der Waals surface area contributed by atoms with Crippen molar-refractivity contribution in [2.75, 3.05) is 5.32 Å². The minimum atomic E-state index is -5.03. The van der Waals surface area contributed by atoms with Gasteiger partial charge in [-0.1, -0.05) is 12.1 Å². The van der Waals surface area contributed by atoms with Crippen molar-refractivity contribution in [2.45, 2.75) is 18.9 Å². The van der Waals surface area contributed by atoms with Gasteiger partial charge in [0, 0.05) is 11.1 Å². The summed E-state index contributed by atoms with van der Waals surface area (Å²) in [7, 11) is 0. The molecule has 11 heteroatoms. The zero-order valence-corrected chi connectivity index (χ0v) is 14.3. The second-order valence-corrected chi connectivity index (χ2v) is 6.03. The van der Waals surface area contributed by atoms with E-state index in [1.807, 2.05) is 5.32 Å². The van der Waals surface area contributed by atoms with Crippen molar-refractivity contribution in [1.82, 2.24) is 9.78 Å². The van der Waals surface area contributed by atoms with Crippen LogP contribution in [0.5, 0.6) is 0 Å². The number of carbonyl (C=O) groups excluding carboxylic acids is 1. The predicted molar refractivity (Wildman–Crippen MR) is 91.1 cm³/mol. The van der Waals surface area contributed by atoms with Gasteiger partial charge in [0.05, 0.1) is 22.8 Å². The summed E-state index contributed by atoms with van der Waals surface area (Å²) >= 11 is 0. The fraction of sp³-hybridized carbons (Fsp3) is 0.167. The monoisotopic (exact) mass is 415 g/mol. The molecule has 0 aliphatic carbocycles. The molecular formula is C18H11F6N3O2. The normalized spacial score (nSPS) is 12.2. The first-order chi connectivity index (χ1) is 13.4. The van der Waals surface area contributed by atoms with E-state index in [9.17, 15) is 35.9 Å². The minimum absolute atomic E-state index is 0.0353. The van der Waals surface area contributed by atoms with Gasteiger partial charge in [-0.3, -0.25) is 14.3 Å². The van der Waals surface area contributed by atoms with E-state index in [0.29, 0.717) is 12.1 Å². The number of benzene rings is 2. The van der Waals surface area contributed by atoms with Crippen LogP contribution < -0.4 is 10.7 Å². The molecule has 0 bridgehead atoms. The van der Waals surface area contributed by atoms with Crippen molar-refractivity contribution in [1.29, 1.82) is 0 Å². The van der Waals surface area contributed by atoms with Crippen molar-refractivity contribution >= 4 is 22.5 Å². The van der Waals surface area contributed by atoms with Crippen LogP contribution in [0.3, 0.4) is 0 Å². The Bertz CT molecular complexity index is 1100. The Hall–Kier alpha value is -3.37. The topological polar surface area (TPSA) is 64.0 Å². The van der Waals surface area contributed by atoms with Crippen molar-refractivity contribution < 1.29 is 31.1 Å². The smallest absolute Gasteiger partial charge is 0.324 e. The van der Waals surface area contributed by atoms with Crippen molar-refractivity contribution in [3.05, 3.63) is 70.0 Å². The van der Waals surface area contributed by atoms with E-state index in [4.69, 9.17) is 0 Å². The fourth-order valence-corrected chi connectivity index (χ4v) is 2.65. The Morgan fingerprint density at radius 1 is 0.966 bits per heavy atom. The van der Waals surface area contributed by atoms with Gasteiger partial charge in [-0.25, -0.2) is 0 Å². The van der Waals surface area contributed by atoms with Gasteiger partial charge >= 0.3 is 12.4 Å². The van der Waals surface area contributed by atoms with E-state index in [-0.39, 0.29) is 17.0 Å². The largest absolute Gasteiger partial charge is 0.416 e. The van der Waals surface area contributed by atoms with Crippen LogP contribution in [0, 0.1) is 0 Å². The number of nitrogens with zero attached hydrogens (tertiary/aromatic N) is 2. The highest BCUT2D eigenvalue weighted by atomic mass is 19.4. The summed E-state index contributed by atoms with van der Waals surface area (Å²) in [6, 6.07) is 6.95. The molecule has 3 aromatic rings. The van der Waals surface area contributed by atoms with Gasteiger partial charge in [0.1, 0.15) is 6.54 Å². The quantitative estimate of drug-likeness (QED) is 0.656. The molecule has 0 aliphatic heterocycles. The van der Waals surface area contributed by atoms with E-state index in [1.165, 1.54) is 12.1 Å². The Balaban J connectivity index is 1.92. The summed E-state index contributed by atoms with van der Waals surface area (Å²) in [5.74, 6) is -0.918. The summed E-state index contributed by atoms with van der Waals surface area (Å²) in [5, 5.41) is 6.06. The first-order valence-corrected chi connectivity index (χ1v) is 7.99. The van der Waals surface area contributed by atoms with Gasteiger partial charge in [-0.2, -0.15) is 31.4 Å². The number of nitrogens with one attached hydrogen (secondary N) is 1. The van der Waals surface area contributed by atoms with Gasteiger partial charge in [0.25, 0.3) is 0 Å². The number of hydrogen-bond acceptors (Lipinski definition) is 3. The van der Waals surface area contributed by atoms with Crippen LogP contribution in [0.1, 0.15) is 11.1 Å². The van der Waals surface area contributed by atoms with Crippen LogP contribution in [-0.2, 0) is 23.7 Å². The van der Waals surface area contributed by atoms with E-state index in [2.05, 4.69) is 5.10 Å². The second-order valence-electron chi connectivity index (χ2n) is 6.03. The highest BCUT2D eigenvalue weighted by Gasteiger charge is 2.37. The molecule has 0 fully saturated rings. The first-order valence-electron chi connectivity index (χ1n) is 7.99. The van der Waals surface area contributed by atoms with Gasteiger partial charge in [0.15, 0.2) is 0 Å². The molecule has 0 atom stereocenters. The maximum absolute atomic E-state index is 12.9. The molecular weight excluding hydrogens is 404 g/mol. The molecule has 0 saturated heterocycles. The number of rotatable bonds is 3. The molecule has 5 nitrogen and oxygen atoms in total. The number of hydrogen-bond donors (Lipinski definition) is 1. The molecule has 0 aliphatic rings. The number of anilines is 1. The standard InChI is InChI=1S/C18H11F6N3O2/c19-17(20,21)10-5-11(18(22,23)24)7-12(6-10)26-16(29)9-27-14-4-2-1-3-13(14)15(28)8-25-27/h1-8H,9H2,(H,26,29). The van der Waals surface area contributed by atoms with Crippen LogP contribution in [0.2, 0.25) is 0 Å². The zero-order chi connectivity index (χ0) is 21.4. The lowest BCUT2D eigenvalue weighted by molar-refractivity contribution is -0.143. The third-order valence-electron chi connectivity index (χ3n) is 3.93. The Labute approximate surface area is 158 Å². The van der Waals surface area contributed by atoms with Crippen LogP contribution in [-0.4, -0.2) is 15.7 Å². The summed E-state index contributed by atoms with van der Waals surface area (Å²) in [5.41, 5.74) is -3.87. The molecule has 1 N–H and O–H groups in total. The number of fused-ring (bicyclic) bond motifs is 1. The molecule has 3 rings (SSSR count). The zero-order valence-electron chi connectivity index (χ0n) is 14.3. The number of aromatic nitrogens is 2. The third kappa shape index (κ3) is 4.55. The molecule has 152 valence electrons. The molecule has 1 heterocycles. The van der Waals surface area contributed by atoms with E-state index >= 15 is 0 Å². The van der Waals surface area contributed by atoms with Crippen LogP contribution in [0.25, 0.3) is 10.9 Å². The van der Waals surface area contributed by atoms with Crippen LogP contribution >= 0.6 is 0 Å². The number of alkyl halides is 6. The lowest BCUT2D eigenvalue weighted by Crippen LogP contribution is -2.23. The first kappa shape index (κ1) is 20.4. The molecule has 0 unspecified atom stereocenters. The average Bonchev–Trinajstić information content (AvgIpc) is 2.62. The molecule has 1 amide bonds. The highest BCUT2D eigenvalue weighted by molar-refractivity contribution is 5.91. The van der Waals surface area contributed by atoms with Crippen LogP contribution in [0.15, 0.2) is 53.5 Å². The van der Waals surface area contributed by atoms with Crippen LogP contribution in [0.4, 0.5) is 32.0 Å². The number of carbonyl (C=O) groups is 1. The highest BCUT2D eigenvalue weighted by Crippen LogP contribution is 2.37. The summed E-state index contributed by atoms with van der Waals surface area (Å²) < 4.78 is 78.6. The number of halogens is 6. The Kier molecular flexibility index (Phi) is 5.07. The van der Waals surface area contributed by atoms with Crippen molar-refractivity contribution in [2.24, 2.45) is 0 Å². The van der Waals surface area contributed by atoms with E-state index < -0.39 is 47.0 Å². The molecule has 0 spiro atoms. The van der Waals surface area contributed by atoms with Crippen molar-refractivity contribution in [3.63, 3.8) is 0 Å². The van der Waals surface area contributed by atoms with E-state index in [0.717, 1.165) is 10.9 Å². The molecule has 0 saturated carbocycles. The summed E-state index contributed by atoms with van der Waals surface area (Å²) in [6.45, 7) is -0.529. The minimum Gasteiger partial charge on any atom is -0.324 e. The maximum atomic E-state index is 12.9. The fourth-order valence-electron chi connectivity index (χ4n) is 2.65. The molecule has 1 aromatic heterocycles. The number of amides is 1. The van der Waals surface area contributed by atoms with Gasteiger partial charge in [0.2, 0.25) is 11.3 Å². The average molecular weight is 415 g/mol. The SMILES string of the molecule is O=C(Cn1ncc(=O)c2ccccc21)Nc1cc(C(F)(F)F)cc(C(F)(F)F)c1. The van der Waals surface area contributed by atoms with Crippen molar-refractivity contribution in [3.8, 4) is 0 Å².